The minimum atomic E-state index is -0.560. The third-order valence-corrected chi connectivity index (χ3v) is 3.95. The average molecular weight is 392 g/mol. The Bertz CT molecular complexity index is 745. The fourth-order valence-corrected chi connectivity index (χ4v) is 2.56. The van der Waals surface area contributed by atoms with Crippen molar-refractivity contribution in [1.82, 2.24) is 0 Å². The predicted molar refractivity (Wildman–Crippen MR) is 94.8 cm³/mol. The molecule has 0 unspecified atom stereocenters. The molecule has 0 spiro atoms. The predicted octanol–water partition coefficient (Wildman–Crippen LogP) is 5.27. The Morgan fingerprint density at radius 2 is 1.43 bits per heavy atom. The van der Waals surface area contributed by atoms with Crippen molar-refractivity contribution in [3.63, 3.8) is 0 Å². The molecule has 0 saturated heterocycles. The number of carbonyl (C=O) groups excluding carboxylic acids is 2. The molecular formula is C15H10Cl4N2O2. The van der Waals surface area contributed by atoms with Crippen LogP contribution >= 0.6 is 46.4 Å². The summed E-state index contributed by atoms with van der Waals surface area (Å²) in [6.45, 7) is 0. The molecule has 4 nitrogen and oxygen atoms in total. The van der Waals surface area contributed by atoms with Crippen molar-refractivity contribution < 1.29 is 9.59 Å². The van der Waals surface area contributed by atoms with Gasteiger partial charge in [-0.3, -0.25) is 9.59 Å². The van der Waals surface area contributed by atoms with E-state index in [9.17, 15) is 9.59 Å². The summed E-state index contributed by atoms with van der Waals surface area (Å²) in [4.78, 5) is 23.8. The van der Waals surface area contributed by atoms with Gasteiger partial charge in [0.1, 0.15) is 6.42 Å². The minimum absolute atomic E-state index is 0.259. The van der Waals surface area contributed by atoms with Gasteiger partial charge in [-0.25, -0.2) is 0 Å². The summed E-state index contributed by atoms with van der Waals surface area (Å²) in [6, 6.07) is 9.43. The Balaban J connectivity index is 2.00. The second-order valence-electron chi connectivity index (χ2n) is 4.49. The van der Waals surface area contributed by atoms with Gasteiger partial charge < -0.3 is 10.6 Å². The van der Waals surface area contributed by atoms with E-state index in [1.807, 2.05) is 0 Å². The molecule has 0 radical (unpaired) electrons. The van der Waals surface area contributed by atoms with Crippen molar-refractivity contribution in [2.75, 3.05) is 10.6 Å². The van der Waals surface area contributed by atoms with Gasteiger partial charge >= 0.3 is 0 Å². The molecule has 0 aliphatic carbocycles. The topological polar surface area (TPSA) is 58.2 Å². The summed E-state index contributed by atoms with van der Waals surface area (Å²) in [5.41, 5.74) is 0.585. The third-order valence-electron chi connectivity index (χ3n) is 2.75. The van der Waals surface area contributed by atoms with Gasteiger partial charge in [0.05, 0.1) is 26.4 Å². The average Bonchev–Trinajstić information content (AvgIpc) is 2.47. The highest BCUT2D eigenvalue weighted by atomic mass is 35.5. The Morgan fingerprint density at radius 1 is 0.826 bits per heavy atom. The van der Waals surface area contributed by atoms with Crippen molar-refractivity contribution in [3.8, 4) is 0 Å². The molecule has 2 amide bonds. The van der Waals surface area contributed by atoms with Gasteiger partial charge in [0.15, 0.2) is 0 Å². The number of anilines is 2. The van der Waals surface area contributed by atoms with Crippen molar-refractivity contribution in [2.45, 2.75) is 6.42 Å². The normalized spacial score (nSPS) is 10.3. The Labute approximate surface area is 152 Å². The first kappa shape index (κ1) is 17.9. The van der Waals surface area contributed by atoms with Crippen LogP contribution in [0.1, 0.15) is 6.42 Å². The zero-order valence-corrected chi connectivity index (χ0v) is 14.5. The molecule has 2 rings (SSSR count). The lowest BCUT2D eigenvalue weighted by atomic mass is 10.2. The molecular weight excluding hydrogens is 382 g/mol. The molecule has 0 aromatic heterocycles. The van der Waals surface area contributed by atoms with Crippen LogP contribution in [0.5, 0.6) is 0 Å². The lowest BCUT2D eigenvalue weighted by Gasteiger charge is -2.10. The van der Waals surface area contributed by atoms with E-state index in [1.165, 1.54) is 6.07 Å². The zero-order chi connectivity index (χ0) is 17.0. The maximum atomic E-state index is 11.9. The molecule has 8 heteroatoms. The van der Waals surface area contributed by atoms with Gasteiger partial charge in [-0.05, 0) is 30.3 Å². The first-order chi connectivity index (χ1) is 10.9. The van der Waals surface area contributed by atoms with Gasteiger partial charge in [0, 0.05) is 5.02 Å². The van der Waals surface area contributed by atoms with Crippen LogP contribution in [-0.2, 0) is 9.59 Å². The lowest BCUT2D eigenvalue weighted by Crippen LogP contribution is -2.21. The van der Waals surface area contributed by atoms with Crippen LogP contribution in [0.4, 0.5) is 11.4 Å². The van der Waals surface area contributed by atoms with Crippen molar-refractivity contribution in [1.29, 1.82) is 0 Å². The highest BCUT2D eigenvalue weighted by molar-refractivity contribution is 6.40. The highest BCUT2D eigenvalue weighted by Gasteiger charge is 2.14. The summed E-state index contributed by atoms with van der Waals surface area (Å²) >= 11 is 23.7. The van der Waals surface area contributed by atoms with E-state index in [2.05, 4.69) is 10.6 Å². The van der Waals surface area contributed by atoms with Gasteiger partial charge in [-0.2, -0.15) is 0 Å². The maximum absolute atomic E-state index is 11.9. The quantitative estimate of drug-likeness (QED) is 0.697. The van der Waals surface area contributed by atoms with Gasteiger partial charge in [-0.1, -0.05) is 52.5 Å². The molecule has 0 saturated carbocycles. The summed E-state index contributed by atoms with van der Waals surface area (Å²) in [5.74, 6) is -1.11. The van der Waals surface area contributed by atoms with E-state index < -0.39 is 18.2 Å². The van der Waals surface area contributed by atoms with Crippen molar-refractivity contribution in [3.05, 3.63) is 56.5 Å². The first-order valence-electron chi connectivity index (χ1n) is 6.35. The van der Waals surface area contributed by atoms with E-state index in [0.29, 0.717) is 15.7 Å². The SMILES string of the molecule is O=C(CC(=O)Nc1c(Cl)cccc1Cl)Nc1cc(Cl)ccc1Cl. The number of rotatable bonds is 4. The Hall–Kier alpha value is -1.46. The molecule has 0 fully saturated rings. The summed E-state index contributed by atoms with van der Waals surface area (Å²) < 4.78 is 0. The second-order valence-corrected chi connectivity index (χ2v) is 6.15. The number of hydrogen-bond acceptors (Lipinski definition) is 2. The first-order valence-corrected chi connectivity index (χ1v) is 7.87. The van der Waals surface area contributed by atoms with E-state index in [-0.39, 0.29) is 15.7 Å². The molecule has 0 heterocycles. The third kappa shape index (κ3) is 5.01. The second kappa shape index (κ2) is 7.88. The number of amides is 2. The highest BCUT2D eigenvalue weighted by Crippen LogP contribution is 2.30. The fraction of sp³-hybridized carbons (Fsp3) is 0.0667. The molecule has 0 bridgehead atoms. The minimum Gasteiger partial charge on any atom is -0.324 e. The summed E-state index contributed by atoms with van der Waals surface area (Å²) in [5, 5.41) is 6.31. The van der Waals surface area contributed by atoms with Crippen LogP contribution in [0.3, 0.4) is 0 Å². The number of nitrogens with one attached hydrogen (secondary N) is 2. The summed E-state index contributed by atoms with van der Waals surface area (Å²) in [6.07, 6.45) is -0.426. The fourth-order valence-electron chi connectivity index (χ4n) is 1.73. The number of halogens is 4. The maximum Gasteiger partial charge on any atom is 0.233 e. The number of para-hydroxylation sites is 1. The monoisotopic (exact) mass is 390 g/mol. The Kier molecular flexibility index (Phi) is 6.13. The van der Waals surface area contributed by atoms with E-state index in [1.54, 1.807) is 30.3 Å². The summed E-state index contributed by atoms with van der Waals surface area (Å²) in [7, 11) is 0. The molecule has 2 aromatic carbocycles. The van der Waals surface area contributed by atoms with Gasteiger partial charge in [0.25, 0.3) is 0 Å². The van der Waals surface area contributed by atoms with Crippen LogP contribution in [0.25, 0.3) is 0 Å². The molecule has 0 aliphatic heterocycles. The molecule has 120 valence electrons. The van der Waals surface area contributed by atoms with Crippen LogP contribution < -0.4 is 10.6 Å². The molecule has 2 N–H and O–H groups in total. The smallest absolute Gasteiger partial charge is 0.233 e. The van der Waals surface area contributed by atoms with Gasteiger partial charge in [-0.15, -0.1) is 0 Å². The molecule has 0 atom stereocenters. The number of carbonyl (C=O) groups is 2. The van der Waals surface area contributed by atoms with Crippen molar-refractivity contribution in [2.24, 2.45) is 0 Å². The van der Waals surface area contributed by atoms with E-state index in [0.717, 1.165) is 0 Å². The largest absolute Gasteiger partial charge is 0.324 e. The molecule has 23 heavy (non-hydrogen) atoms. The standard InChI is InChI=1S/C15H10Cl4N2O2/c16-8-4-5-9(17)12(6-8)20-13(22)7-14(23)21-15-10(18)2-1-3-11(15)19/h1-6H,7H2,(H,20,22)(H,21,23). The van der Waals surface area contributed by atoms with Crippen LogP contribution in [0.15, 0.2) is 36.4 Å². The van der Waals surface area contributed by atoms with Crippen LogP contribution in [0.2, 0.25) is 20.1 Å². The zero-order valence-electron chi connectivity index (χ0n) is 11.5. The number of benzene rings is 2. The van der Waals surface area contributed by atoms with Crippen LogP contribution in [-0.4, -0.2) is 11.8 Å². The van der Waals surface area contributed by atoms with Crippen LogP contribution in [0, 0.1) is 0 Å². The lowest BCUT2D eigenvalue weighted by molar-refractivity contribution is -0.123. The van der Waals surface area contributed by atoms with Crippen molar-refractivity contribution >= 4 is 69.6 Å². The van der Waals surface area contributed by atoms with E-state index >= 15 is 0 Å². The number of hydrogen-bond donors (Lipinski definition) is 2. The molecule has 0 aliphatic rings. The molecule has 2 aromatic rings. The van der Waals surface area contributed by atoms with E-state index in [4.69, 9.17) is 46.4 Å². The Morgan fingerprint density at radius 3 is 2.09 bits per heavy atom. The van der Waals surface area contributed by atoms with Gasteiger partial charge in [0.2, 0.25) is 11.8 Å².